The van der Waals surface area contributed by atoms with Gasteiger partial charge in [0.15, 0.2) is 11.5 Å². The van der Waals surface area contributed by atoms with E-state index in [1.807, 2.05) is 12.1 Å². The largest absolute Gasteiger partial charge is 0.347 e. The number of rotatable bonds is 4. The Labute approximate surface area is 158 Å². The van der Waals surface area contributed by atoms with Crippen LogP contribution in [0.5, 0.6) is 0 Å². The van der Waals surface area contributed by atoms with E-state index in [1.165, 1.54) is 23.5 Å². The van der Waals surface area contributed by atoms with Gasteiger partial charge in [0.1, 0.15) is 0 Å². The van der Waals surface area contributed by atoms with E-state index >= 15 is 0 Å². The number of carbonyl (C=O) groups is 2. The number of aromatic nitrogens is 2. The number of hydrogen-bond acceptors (Lipinski definition) is 5. The van der Waals surface area contributed by atoms with Crippen molar-refractivity contribution < 1.29 is 9.59 Å². The topological polar surface area (TPSA) is 96.0 Å². The number of nitrogens with one attached hydrogen (secondary N) is 3. The van der Waals surface area contributed by atoms with Crippen molar-refractivity contribution in [2.45, 2.75) is 44.2 Å². The molecule has 2 heterocycles. The summed E-state index contributed by atoms with van der Waals surface area (Å²) < 4.78 is 0. The van der Waals surface area contributed by atoms with Crippen LogP contribution in [0.1, 0.15) is 40.9 Å². The highest BCUT2D eigenvalue weighted by molar-refractivity contribution is 6.02. The quantitative estimate of drug-likeness (QED) is 0.762. The Kier molecular flexibility index (Phi) is 5.11. The van der Waals surface area contributed by atoms with Crippen molar-refractivity contribution in [3.63, 3.8) is 0 Å². The third-order valence-corrected chi connectivity index (χ3v) is 5.17. The summed E-state index contributed by atoms with van der Waals surface area (Å²) in [6.07, 6.45) is 7.42. The molecule has 7 nitrogen and oxygen atoms in total. The molecule has 4 rings (SSSR count). The van der Waals surface area contributed by atoms with E-state index in [4.69, 9.17) is 0 Å². The summed E-state index contributed by atoms with van der Waals surface area (Å²) in [4.78, 5) is 33.5. The maximum atomic E-state index is 12.7. The molecule has 1 fully saturated rings. The molecule has 1 atom stereocenters. The molecular weight excluding hydrogens is 342 g/mol. The van der Waals surface area contributed by atoms with Gasteiger partial charge < -0.3 is 16.0 Å². The van der Waals surface area contributed by atoms with Crippen LogP contribution in [-0.2, 0) is 17.6 Å². The van der Waals surface area contributed by atoms with Gasteiger partial charge in [-0.2, -0.15) is 0 Å². The van der Waals surface area contributed by atoms with Crippen molar-refractivity contribution in [3.05, 3.63) is 53.5 Å². The van der Waals surface area contributed by atoms with Crippen LogP contribution in [0.2, 0.25) is 0 Å². The van der Waals surface area contributed by atoms with Gasteiger partial charge in [-0.15, -0.1) is 0 Å². The molecule has 140 valence electrons. The van der Waals surface area contributed by atoms with Crippen LogP contribution in [-0.4, -0.2) is 40.4 Å². The minimum absolute atomic E-state index is 0.0282. The van der Waals surface area contributed by atoms with Crippen LogP contribution in [0.3, 0.4) is 0 Å². The van der Waals surface area contributed by atoms with Gasteiger partial charge in [-0.1, -0.05) is 30.7 Å². The van der Waals surface area contributed by atoms with Gasteiger partial charge in [0, 0.05) is 18.4 Å². The lowest BCUT2D eigenvalue weighted by atomic mass is 10.0. The van der Waals surface area contributed by atoms with Crippen LogP contribution in [0, 0.1) is 0 Å². The standard InChI is InChI=1S/C20H23N5O2/c26-19(16-7-3-4-8-21-16)25-18-17(22-9-10-23-18)20(27)24-15-11-13-5-1-2-6-14(13)12-15/h1-2,5-6,9-10,15-16,21H,3-4,7-8,11-12H2,(H,24,27)(H,23,25,26). The molecular formula is C20H23N5O2. The number of nitrogens with zero attached hydrogens (tertiary/aromatic N) is 2. The molecule has 0 saturated carbocycles. The maximum absolute atomic E-state index is 12.7. The molecule has 0 bridgehead atoms. The summed E-state index contributed by atoms with van der Waals surface area (Å²) in [5.41, 5.74) is 2.68. The second kappa shape index (κ2) is 7.84. The minimum atomic E-state index is -0.312. The lowest BCUT2D eigenvalue weighted by Gasteiger charge is -2.22. The van der Waals surface area contributed by atoms with Gasteiger partial charge in [-0.3, -0.25) is 9.59 Å². The highest BCUT2D eigenvalue weighted by atomic mass is 16.2. The van der Waals surface area contributed by atoms with Crippen molar-refractivity contribution in [2.75, 3.05) is 11.9 Å². The lowest BCUT2D eigenvalue weighted by Crippen LogP contribution is -2.44. The number of anilines is 1. The predicted octanol–water partition coefficient (Wildman–Crippen LogP) is 1.45. The first kappa shape index (κ1) is 17.6. The number of carbonyl (C=O) groups excluding carboxylic acids is 2. The lowest BCUT2D eigenvalue weighted by molar-refractivity contribution is -0.118. The van der Waals surface area contributed by atoms with Crippen molar-refractivity contribution in [2.24, 2.45) is 0 Å². The summed E-state index contributed by atoms with van der Waals surface area (Å²) in [6, 6.07) is 7.98. The number of benzene rings is 1. The van der Waals surface area contributed by atoms with E-state index in [1.54, 1.807) is 0 Å². The number of hydrogen-bond donors (Lipinski definition) is 3. The molecule has 1 saturated heterocycles. The summed E-state index contributed by atoms with van der Waals surface area (Å²) in [6.45, 7) is 0.828. The molecule has 0 radical (unpaired) electrons. The van der Waals surface area contributed by atoms with Gasteiger partial charge in [0.05, 0.1) is 6.04 Å². The van der Waals surface area contributed by atoms with E-state index in [9.17, 15) is 9.59 Å². The Morgan fingerprint density at radius 2 is 1.78 bits per heavy atom. The predicted molar refractivity (Wildman–Crippen MR) is 101 cm³/mol. The van der Waals surface area contributed by atoms with Crippen LogP contribution >= 0.6 is 0 Å². The summed E-state index contributed by atoms with van der Waals surface area (Å²) in [7, 11) is 0. The molecule has 1 aromatic heterocycles. The molecule has 1 aliphatic heterocycles. The van der Waals surface area contributed by atoms with E-state index in [-0.39, 0.29) is 35.4 Å². The normalized spacial score (nSPS) is 19.3. The third-order valence-electron chi connectivity index (χ3n) is 5.17. The smallest absolute Gasteiger partial charge is 0.273 e. The molecule has 27 heavy (non-hydrogen) atoms. The van der Waals surface area contributed by atoms with Crippen LogP contribution in [0.15, 0.2) is 36.7 Å². The highest BCUT2D eigenvalue weighted by Crippen LogP contribution is 2.22. The zero-order valence-corrected chi connectivity index (χ0v) is 15.1. The molecule has 1 aliphatic carbocycles. The van der Waals surface area contributed by atoms with Gasteiger partial charge in [0.2, 0.25) is 5.91 Å². The van der Waals surface area contributed by atoms with E-state index in [0.29, 0.717) is 0 Å². The number of amides is 2. The van der Waals surface area contributed by atoms with Crippen molar-refractivity contribution in [3.8, 4) is 0 Å². The summed E-state index contributed by atoms with van der Waals surface area (Å²) >= 11 is 0. The first-order chi connectivity index (χ1) is 13.2. The first-order valence-corrected chi connectivity index (χ1v) is 9.43. The third kappa shape index (κ3) is 3.98. The Bertz CT molecular complexity index is 823. The van der Waals surface area contributed by atoms with E-state index in [2.05, 4.69) is 38.1 Å². The Hall–Kier alpha value is -2.80. The van der Waals surface area contributed by atoms with Crippen LogP contribution in [0.25, 0.3) is 0 Å². The first-order valence-electron chi connectivity index (χ1n) is 9.43. The Morgan fingerprint density at radius 3 is 2.48 bits per heavy atom. The van der Waals surface area contributed by atoms with Gasteiger partial charge in [-0.05, 0) is 43.4 Å². The van der Waals surface area contributed by atoms with E-state index in [0.717, 1.165) is 38.6 Å². The van der Waals surface area contributed by atoms with Gasteiger partial charge >= 0.3 is 0 Å². The molecule has 7 heteroatoms. The second-order valence-corrected chi connectivity index (χ2v) is 7.09. The minimum Gasteiger partial charge on any atom is -0.347 e. The van der Waals surface area contributed by atoms with Gasteiger partial charge in [-0.25, -0.2) is 9.97 Å². The zero-order chi connectivity index (χ0) is 18.6. The van der Waals surface area contributed by atoms with Crippen molar-refractivity contribution in [1.82, 2.24) is 20.6 Å². The van der Waals surface area contributed by atoms with Crippen molar-refractivity contribution >= 4 is 17.6 Å². The second-order valence-electron chi connectivity index (χ2n) is 7.09. The maximum Gasteiger partial charge on any atom is 0.273 e. The average Bonchev–Trinajstić information content (AvgIpc) is 3.11. The zero-order valence-electron chi connectivity index (χ0n) is 15.1. The molecule has 3 N–H and O–H groups in total. The van der Waals surface area contributed by atoms with E-state index < -0.39 is 0 Å². The number of fused-ring (bicyclic) bond motifs is 1. The van der Waals surface area contributed by atoms with Crippen LogP contribution < -0.4 is 16.0 Å². The summed E-state index contributed by atoms with van der Waals surface area (Å²) in [5.74, 6) is -0.270. The Balaban J connectivity index is 1.43. The number of piperidine rings is 1. The highest BCUT2D eigenvalue weighted by Gasteiger charge is 2.26. The Morgan fingerprint density at radius 1 is 1.04 bits per heavy atom. The van der Waals surface area contributed by atoms with Crippen molar-refractivity contribution in [1.29, 1.82) is 0 Å². The molecule has 2 aromatic rings. The summed E-state index contributed by atoms with van der Waals surface area (Å²) in [5, 5.41) is 8.99. The molecule has 2 amide bonds. The molecule has 1 aromatic carbocycles. The molecule has 0 spiro atoms. The molecule has 1 unspecified atom stereocenters. The molecule has 2 aliphatic rings. The monoisotopic (exact) mass is 365 g/mol. The van der Waals surface area contributed by atoms with Gasteiger partial charge in [0.25, 0.3) is 5.91 Å². The SMILES string of the molecule is O=C(NC1Cc2ccccc2C1)c1nccnc1NC(=O)C1CCCCN1. The fraction of sp³-hybridized carbons (Fsp3) is 0.400. The fourth-order valence-electron chi connectivity index (χ4n) is 3.79. The average molecular weight is 365 g/mol. The van der Waals surface area contributed by atoms with Crippen LogP contribution in [0.4, 0.5) is 5.82 Å². The fourth-order valence-corrected chi connectivity index (χ4v) is 3.79.